The molecule has 0 spiro atoms. The third-order valence-corrected chi connectivity index (χ3v) is 2.15. The van der Waals surface area contributed by atoms with Crippen LogP contribution in [-0.4, -0.2) is 6.21 Å². The van der Waals surface area contributed by atoms with Gasteiger partial charge in [0, 0.05) is 6.21 Å². The SMILES string of the molecule is C(/C=C/c1ccccc1)=Nc1ccccc1. The highest BCUT2D eigenvalue weighted by Gasteiger charge is 1.82. The Morgan fingerprint density at radius 1 is 0.750 bits per heavy atom. The molecule has 0 saturated heterocycles. The van der Waals surface area contributed by atoms with Crippen molar-refractivity contribution in [3.63, 3.8) is 0 Å². The Labute approximate surface area is 95.8 Å². The zero-order chi connectivity index (χ0) is 11.1. The first-order valence-electron chi connectivity index (χ1n) is 5.26. The van der Waals surface area contributed by atoms with Crippen molar-refractivity contribution in [3.05, 3.63) is 72.3 Å². The van der Waals surface area contributed by atoms with Crippen LogP contribution < -0.4 is 0 Å². The van der Waals surface area contributed by atoms with E-state index < -0.39 is 0 Å². The van der Waals surface area contributed by atoms with Crippen molar-refractivity contribution < 1.29 is 0 Å². The maximum atomic E-state index is 4.31. The fraction of sp³-hybridized carbons (Fsp3) is 0. The van der Waals surface area contributed by atoms with Crippen LogP contribution in [0.4, 0.5) is 5.69 Å². The Hall–Kier alpha value is -2.15. The molecular weight excluding hydrogens is 194 g/mol. The van der Waals surface area contributed by atoms with E-state index in [0.717, 1.165) is 5.69 Å². The van der Waals surface area contributed by atoms with E-state index in [1.54, 1.807) is 0 Å². The minimum absolute atomic E-state index is 0.972. The lowest BCUT2D eigenvalue weighted by Crippen LogP contribution is -1.69. The van der Waals surface area contributed by atoms with Crippen molar-refractivity contribution in [1.82, 2.24) is 0 Å². The molecule has 1 nitrogen and oxygen atoms in total. The highest BCUT2D eigenvalue weighted by Crippen LogP contribution is 2.08. The Bertz CT molecular complexity index is 422. The second-order valence-electron chi connectivity index (χ2n) is 3.38. The molecule has 0 fully saturated rings. The van der Waals surface area contributed by atoms with E-state index in [0.29, 0.717) is 0 Å². The summed E-state index contributed by atoms with van der Waals surface area (Å²) in [5, 5.41) is 0. The van der Waals surface area contributed by atoms with Crippen molar-refractivity contribution >= 4 is 18.0 Å². The Kier molecular flexibility index (Phi) is 3.67. The molecule has 0 N–H and O–H groups in total. The van der Waals surface area contributed by atoms with Crippen LogP contribution in [0.2, 0.25) is 0 Å². The molecule has 0 aromatic heterocycles. The number of benzene rings is 2. The van der Waals surface area contributed by atoms with Gasteiger partial charge in [0.1, 0.15) is 0 Å². The van der Waals surface area contributed by atoms with Crippen LogP contribution in [0, 0.1) is 0 Å². The Morgan fingerprint density at radius 2 is 1.38 bits per heavy atom. The third-order valence-electron chi connectivity index (χ3n) is 2.15. The van der Waals surface area contributed by atoms with Gasteiger partial charge in [0.15, 0.2) is 0 Å². The van der Waals surface area contributed by atoms with Gasteiger partial charge in [-0.1, -0.05) is 54.6 Å². The fourth-order valence-electron chi connectivity index (χ4n) is 1.36. The molecule has 0 aliphatic rings. The molecule has 0 heterocycles. The summed E-state index contributed by atoms with van der Waals surface area (Å²) in [6.45, 7) is 0. The third kappa shape index (κ3) is 3.21. The van der Waals surface area contributed by atoms with Crippen molar-refractivity contribution in [2.75, 3.05) is 0 Å². The standard InChI is InChI=1S/C15H13N/c1-3-8-14(9-4-1)10-7-13-16-15-11-5-2-6-12-15/h1-13H/b10-7+,16-13?. The van der Waals surface area contributed by atoms with Gasteiger partial charge in [-0.15, -0.1) is 0 Å². The monoisotopic (exact) mass is 207 g/mol. The lowest BCUT2D eigenvalue weighted by Gasteiger charge is -1.90. The van der Waals surface area contributed by atoms with E-state index in [-0.39, 0.29) is 0 Å². The summed E-state index contributed by atoms with van der Waals surface area (Å²) in [5.41, 5.74) is 2.15. The van der Waals surface area contributed by atoms with Crippen LogP contribution in [0.5, 0.6) is 0 Å². The second kappa shape index (κ2) is 5.66. The molecule has 0 radical (unpaired) electrons. The molecule has 78 valence electrons. The highest BCUT2D eigenvalue weighted by atomic mass is 14.7. The van der Waals surface area contributed by atoms with E-state index in [2.05, 4.69) is 17.1 Å². The average molecular weight is 207 g/mol. The fourth-order valence-corrected chi connectivity index (χ4v) is 1.36. The molecule has 0 atom stereocenters. The lowest BCUT2D eigenvalue weighted by molar-refractivity contribution is 1.54. The van der Waals surface area contributed by atoms with Crippen LogP contribution in [0.3, 0.4) is 0 Å². The summed E-state index contributed by atoms with van der Waals surface area (Å²) in [4.78, 5) is 4.31. The maximum Gasteiger partial charge on any atom is 0.0629 e. The van der Waals surface area contributed by atoms with E-state index in [4.69, 9.17) is 0 Å². The number of aliphatic imine (C=N–C) groups is 1. The van der Waals surface area contributed by atoms with Crippen LogP contribution >= 0.6 is 0 Å². The van der Waals surface area contributed by atoms with Crippen LogP contribution in [0.1, 0.15) is 5.56 Å². The minimum atomic E-state index is 0.972. The van der Waals surface area contributed by atoms with E-state index >= 15 is 0 Å². The molecule has 0 unspecified atom stereocenters. The van der Waals surface area contributed by atoms with Gasteiger partial charge in [-0.05, 0) is 23.8 Å². The molecule has 2 aromatic rings. The van der Waals surface area contributed by atoms with Gasteiger partial charge in [-0.25, -0.2) is 0 Å². The highest BCUT2D eigenvalue weighted by molar-refractivity contribution is 5.80. The van der Waals surface area contributed by atoms with Crippen molar-refractivity contribution in [2.45, 2.75) is 0 Å². The predicted molar refractivity (Wildman–Crippen MR) is 70.1 cm³/mol. The Morgan fingerprint density at radius 3 is 2.06 bits per heavy atom. The molecule has 0 saturated carbocycles. The molecule has 1 heteroatoms. The van der Waals surface area contributed by atoms with Gasteiger partial charge in [-0.3, -0.25) is 4.99 Å². The number of hydrogen-bond donors (Lipinski definition) is 0. The molecule has 2 rings (SSSR count). The van der Waals surface area contributed by atoms with E-state index in [1.165, 1.54) is 5.56 Å². The first kappa shape index (κ1) is 10.4. The zero-order valence-electron chi connectivity index (χ0n) is 8.95. The van der Waals surface area contributed by atoms with Crippen LogP contribution in [0.15, 0.2) is 71.7 Å². The Balaban J connectivity index is 1.98. The molecule has 2 aromatic carbocycles. The number of allylic oxidation sites excluding steroid dienone is 1. The molecular formula is C15H13N. The number of para-hydroxylation sites is 1. The zero-order valence-corrected chi connectivity index (χ0v) is 8.95. The van der Waals surface area contributed by atoms with Crippen LogP contribution in [-0.2, 0) is 0 Å². The molecule has 0 aliphatic heterocycles. The van der Waals surface area contributed by atoms with Crippen molar-refractivity contribution in [1.29, 1.82) is 0 Å². The van der Waals surface area contributed by atoms with Gasteiger partial charge in [0.25, 0.3) is 0 Å². The van der Waals surface area contributed by atoms with E-state index in [9.17, 15) is 0 Å². The predicted octanol–water partition coefficient (Wildman–Crippen LogP) is 4.10. The maximum absolute atomic E-state index is 4.31. The topological polar surface area (TPSA) is 12.4 Å². The minimum Gasteiger partial charge on any atom is -0.257 e. The van der Waals surface area contributed by atoms with Crippen molar-refractivity contribution in [2.24, 2.45) is 4.99 Å². The van der Waals surface area contributed by atoms with Gasteiger partial charge in [0.05, 0.1) is 5.69 Å². The average Bonchev–Trinajstić information content (AvgIpc) is 2.37. The summed E-state index contributed by atoms with van der Waals surface area (Å²) in [6, 6.07) is 20.1. The summed E-state index contributed by atoms with van der Waals surface area (Å²) < 4.78 is 0. The first-order chi connectivity index (χ1) is 7.95. The van der Waals surface area contributed by atoms with Gasteiger partial charge >= 0.3 is 0 Å². The summed E-state index contributed by atoms with van der Waals surface area (Å²) in [7, 11) is 0. The number of rotatable bonds is 3. The molecule has 0 amide bonds. The smallest absolute Gasteiger partial charge is 0.0629 e. The van der Waals surface area contributed by atoms with Gasteiger partial charge in [-0.2, -0.15) is 0 Å². The largest absolute Gasteiger partial charge is 0.257 e. The summed E-state index contributed by atoms with van der Waals surface area (Å²) in [6.07, 6.45) is 5.79. The van der Waals surface area contributed by atoms with Gasteiger partial charge in [0.2, 0.25) is 0 Å². The number of hydrogen-bond acceptors (Lipinski definition) is 1. The quantitative estimate of drug-likeness (QED) is 0.672. The number of nitrogens with zero attached hydrogens (tertiary/aromatic N) is 1. The lowest BCUT2D eigenvalue weighted by atomic mass is 10.2. The first-order valence-corrected chi connectivity index (χ1v) is 5.26. The normalized spacial score (nSPS) is 11.2. The molecule has 0 aliphatic carbocycles. The van der Waals surface area contributed by atoms with Crippen LogP contribution in [0.25, 0.3) is 6.08 Å². The van der Waals surface area contributed by atoms with E-state index in [1.807, 2.05) is 66.9 Å². The van der Waals surface area contributed by atoms with Crippen molar-refractivity contribution in [3.8, 4) is 0 Å². The summed E-state index contributed by atoms with van der Waals surface area (Å²) in [5.74, 6) is 0. The summed E-state index contributed by atoms with van der Waals surface area (Å²) >= 11 is 0. The van der Waals surface area contributed by atoms with Gasteiger partial charge < -0.3 is 0 Å². The molecule has 0 bridgehead atoms. The second-order valence-corrected chi connectivity index (χ2v) is 3.38. The molecule has 16 heavy (non-hydrogen) atoms.